The lowest BCUT2D eigenvalue weighted by Gasteiger charge is -2.32. The molecule has 0 aliphatic carbocycles. The fourth-order valence-electron chi connectivity index (χ4n) is 2.86. The lowest BCUT2D eigenvalue weighted by molar-refractivity contribution is 0.00578. The van der Waals surface area contributed by atoms with Crippen molar-refractivity contribution in [2.24, 2.45) is 0 Å². The number of fused-ring (bicyclic) bond motifs is 1. The van der Waals surface area contributed by atoms with Crippen LogP contribution < -0.4 is 5.32 Å². The van der Waals surface area contributed by atoms with Gasteiger partial charge in [0.25, 0.3) is 0 Å². The zero-order valence-corrected chi connectivity index (χ0v) is 15.1. The standard InChI is InChI=1S/C19H25BN2O2/c1-18(2)19(3,4)24-20(23-18)16(12-21-5)11-15-8-6-7-14-9-10-22-13-17(14)15/h6-11,13,21H,12H2,1-5H3. The van der Waals surface area contributed by atoms with Gasteiger partial charge < -0.3 is 14.6 Å². The van der Waals surface area contributed by atoms with E-state index in [1.807, 2.05) is 25.5 Å². The van der Waals surface area contributed by atoms with Gasteiger partial charge in [0.05, 0.1) is 11.2 Å². The normalized spacial score (nSPS) is 19.9. The Kier molecular flexibility index (Phi) is 4.51. The summed E-state index contributed by atoms with van der Waals surface area (Å²) in [7, 11) is 1.58. The topological polar surface area (TPSA) is 43.4 Å². The Morgan fingerprint density at radius 3 is 2.54 bits per heavy atom. The summed E-state index contributed by atoms with van der Waals surface area (Å²) >= 11 is 0. The van der Waals surface area contributed by atoms with E-state index < -0.39 is 0 Å². The molecule has 1 aromatic carbocycles. The van der Waals surface area contributed by atoms with Crippen LogP contribution in [0.2, 0.25) is 0 Å². The molecule has 2 aromatic rings. The lowest BCUT2D eigenvalue weighted by Crippen LogP contribution is -2.41. The molecule has 1 N–H and O–H groups in total. The summed E-state index contributed by atoms with van der Waals surface area (Å²) in [6.07, 6.45) is 5.88. The van der Waals surface area contributed by atoms with Crippen LogP contribution in [0.3, 0.4) is 0 Å². The number of aromatic nitrogens is 1. The Balaban J connectivity index is 2.01. The summed E-state index contributed by atoms with van der Waals surface area (Å²) in [5, 5.41) is 5.53. The summed E-state index contributed by atoms with van der Waals surface area (Å²) in [5.74, 6) is 0. The van der Waals surface area contributed by atoms with Gasteiger partial charge in [-0.3, -0.25) is 4.98 Å². The van der Waals surface area contributed by atoms with Crippen LogP contribution in [0.25, 0.3) is 16.8 Å². The van der Waals surface area contributed by atoms with Crippen molar-refractivity contribution in [1.82, 2.24) is 10.3 Å². The van der Waals surface area contributed by atoms with Gasteiger partial charge in [-0.1, -0.05) is 24.3 Å². The number of likely N-dealkylation sites (N-methyl/N-ethyl adjacent to an activating group) is 1. The lowest BCUT2D eigenvalue weighted by atomic mass is 9.76. The fourth-order valence-corrected chi connectivity index (χ4v) is 2.86. The van der Waals surface area contributed by atoms with Crippen molar-refractivity contribution < 1.29 is 9.31 Å². The fraction of sp³-hybridized carbons (Fsp3) is 0.421. The van der Waals surface area contributed by atoms with Crippen LogP contribution >= 0.6 is 0 Å². The number of hydrogen-bond acceptors (Lipinski definition) is 4. The first kappa shape index (κ1) is 17.1. The molecule has 0 amide bonds. The summed E-state index contributed by atoms with van der Waals surface area (Å²) in [5.41, 5.74) is 1.52. The summed E-state index contributed by atoms with van der Waals surface area (Å²) in [4.78, 5) is 4.26. The average Bonchev–Trinajstić information content (AvgIpc) is 2.75. The van der Waals surface area contributed by atoms with Crippen LogP contribution in [0, 0.1) is 0 Å². The molecule has 1 aliphatic heterocycles. The zero-order chi connectivity index (χ0) is 17.4. The molecule has 0 radical (unpaired) electrons. The molecule has 24 heavy (non-hydrogen) atoms. The SMILES string of the molecule is CNCC(=Cc1cccc2ccncc12)B1OC(C)(C)C(C)(C)O1. The second-order valence-electron chi connectivity index (χ2n) is 7.28. The highest BCUT2D eigenvalue weighted by Crippen LogP contribution is 2.38. The minimum absolute atomic E-state index is 0.342. The maximum Gasteiger partial charge on any atom is 0.491 e. The number of rotatable bonds is 4. The largest absolute Gasteiger partial charge is 0.491 e. The predicted molar refractivity (Wildman–Crippen MR) is 99.7 cm³/mol. The van der Waals surface area contributed by atoms with Gasteiger partial charge in [0.15, 0.2) is 0 Å². The molecule has 0 spiro atoms. The van der Waals surface area contributed by atoms with Crippen LogP contribution in [-0.2, 0) is 9.31 Å². The van der Waals surface area contributed by atoms with Crippen LogP contribution in [-0.4, -0.2) is 36.9 Å². The number of pyridine rings is 1. The molecule has 1 fully saturated rings. The van der Waals surface area contributed by atoms with Crippen molar-refractivity contribution in [2.45, 2.75) is 38.9 Å². The molecule has 0 atom stereocenters. The van der Waals surface area contributed by atoms with Crippen molar-refractivity contribution >= 4 is 24.0 Å². The first-order valence-corrected chi connectivity index (χ1v) is 8.37. The van der Waals surface area contributed by atoms with Crippen LogP contribution in [0.4, 0.5) is 0 Å². The van der Waals surface area contributed by atoms with E-state index in [1.54, 1.807) is 0 Å². The maximum atomic E-state index is 6.22. The first-order chi connectivity index (χ1) is 11.3. The summed E-state index contributed by atoms with van der Waals surface area (Å²) < 4.78 is 12.4. The second kappa shape index (κ2) is 6.32. The molecule has 3 rings (SSSR count). The highest BCUT2D eigenvalue weighted by molar-refractivity contribution is 6.56. The van der Waals surface area contributed by atoms with E-state index in [9.17, 15) is 0 Å². The number of nitrogens with one attached hydrogen (secondary N) is 1. The summed E-state index contributed by atoms with van der Waals surface area (Å²) in [6, 6.07) is 8.29. The minimum Gasteiger partial charge on any atom is -0.400 e. The third-order valence-corrected chi connectivity index (χ3v) is 5.00. The van der Waals surface area contributed by atoms with Crippen LogP contribution in [0.5, 0.6) is 0 Å². The first-order valence-electron chi connectivity index (χ1n) is 8.37. The van der Waals surface area contributed by atoms with Gasteiger partial charge in [0, 0.05) is 24.3 Å². The smallest absolute Gasteiger partial charge is 0.400 e. The molecule has 0 saturated carbocycles. The van der Waals surface area contributed by atoms with E-state index in [1.165, 1.54) is 5.39 Å². The van der Waals surface area contributed by atoms with Gasteiger partial charge in [-0.15, -0.1) is 0 Å². The van der Waals surface area contributed by atoms with Crippen LogP contribution in [0.15, 0.2) is 42.1 Å². The molecule has 4 nitrogen and oxygen atoms in total. The van der Waals surface area contributed by atoms with E-state index in [0.29, 0.717) is 6.54 Å². The third kappa shape index (κ3) is 3.12. The molecule has 0 unspecified atom stereocenters. The predicted octanol–water partition coefficient (Wildman–Crippen LogP) is 3.47. The Bertz CT molecular complexity index is 750. The number of hydrogen-bond donors (Lipinski definition) is 1. The van der Waals surface area contributed by atoms with E-state index in [2.05, 4.69) is 62.3 Å². The van der Waals surface area contributed by atoms with Gasteiger partial charge in [0.2, 0.25) is 0 Å². The monoisotopic (exact) mass is 324 g/mol. The minimum atomic E-state index is -0.352. The van der Waals surface area contributed by atoms with Crippen molar-refractivity contribution in [2.75, 3.05) is 13.6 Å². The molecule has 1 aliphatic rings. The molecular weight excluding hydrogens is 299 g/mol. The molecule has 1 aromatic heterocycles. The van der Waals surface area contributed by atoms with Gasteiger partial charge in [-0.05, 0) is 57.2 Å². The van der Waals surface area contributed by atoms with Crippen molar-refractivity contribution in [3.05, 3.63) is 47.7 Å². The van der Waals surface area contributed by atoms with E-state index in [0.717, 1.165) is 16.4 Å². The van der Waals surface area contributed by atoms with E-state index in [4.69, 9.17) is 9.31 Å². The van der Waals surface area contributed by atoms with Crippen molar-refractivity contribution in [3.63, 3.8) is 0 Å². The number of benzene rings is 1. The number of nitrogens with zero attached hydrogens (tertiary/aromatic N) is 1. The quantitative estimate of drug-likeness (QED) is 0.875. The van der Waals surface area contributed by atoms with Crippen molar-refractivity contribution in [3.8, 4) is 0 Å². The molecule has 126 valence electrons. The van der Waals surface area contributed by atoms with Gasteiger partial charge >= 0.3 is 7.12 Å². The van der Waals surface area contributed by atoms with E-state index >= 15 is 0 Å². The molecule has 5 heteroatoms. The molecule has 2 heterocycles. The van der Waals surface area contributed by atoms with Gasteiger partial charge in [-0.2, -0.15) is 0 Å². The Hall–Kier alpha value is -1.69. The van der Waals surface area contributed by atoms with Gasteiger partial charge in [-0.25, -0.2) is 0 Å². The van der Waals surface area contributed by atoms with Gasteiger partial charge in [0.1, 0.15) is 0 Å². The Morgan fingerprint density at radius 1 is 1.17 bits per heavy atom. The van der Waals surface area contributed by atoms with Crippen LogP contribution in [0.1, 0.15) is 33.3 Å². The molecule has 0 bridgehead atoms. The van der Waals surface area contributed by atoms with E-state index in [-0.39, 0.29) is 18.3 Å². The zero-order valence-electron chi connectivity index (χ0n) is 15.1. The third-order valence-electron chi connectivity index (χ3n) is 5.00. The average molecular weight is 324 g/mol. The molecular formula is C19H25BN2O2. The summed E-state index contributed by atoms with van der Waals surface area (Å²) in [6.45, 7) is 9.00. The second-order valence-corrected chi connectivity index (χ2v) is 7.28. The Morgan fingerprint density at radius 2 is 1.88 bits per heavy atom. The molecule has 1 saturated heterocycles. The Labute approximate surface area is 144 Å². The van der Waals surface area contributed by atoms with Crippen molar-refractivity contribution in [1.29, 1.82) is 0 Å². The highest BCUT2D eigenvalue weighted by Gasteiger charge is 2.52. The highest BCUT2D eigenvalue weighted by atomic mass is 16.7. The maximum absolute atomic E-state index is 6.22.